The van der Waals surface area contributed by atoms with E-state index in [0.717, 1.165) is 12.5 Å². The Bertz CT molecular complexity index is 97.0. The molecule has 0 N–H and O–H groups in total. The average molecular weight is 156 g/mol. The summed E-state index contributed by atoms with van der Waals surface area (Å²) in [6.45, 7) is 5.59. The van der Waals surface area contributed by atoms with Crippen LogP contribution in [0, 0.1) is 5.92 Å². The van der Waals surface area contributed by atoms with Gasteiger partial charge in [0.15, 0.2) is 0 Å². The quantitative estimate of drug-likeness (QED) is 0.425. The zero-order chi connectivity index (χ0) is 8.10. The van der Waals surface area contributed by atoms with Gasteiger partial charge >= 0.3 is 0 Å². The molecule has 1 heteroatoms. The van der Waals surface area contributed by atoms with Crippen molar-refractivity contribution in [3.05, 3.63) is 0 Å². The maximum absolute atomic E-state index is 5.23. The summed E-state index contributed by atoms with van der Waals surface area (Å²) in [5.41, 5.74) is 0. The van der Waals surface area contributed by atoms with Crippen LogP contribution in [0.3, 0.4) is 0 Å². The van der Waals surface area contributed by atoms with E-state index in [4.69, 9.17) is 4.74 Å². The van der Waals surface area contributed by atoms with Crippen molar-refractivity contribution in [1.82, 2.24) is 0 Å². The summed E-state index contributed by atoms with van der Waals surface area (Å²) in [6.07, 6.45) is 7.54. The molecule has 1 rings (SSSR count). The summed E-state index contributed by atoms with van der Waals surface area (Å²) in [6, 6.07) is 0. The molecular formula is C10H20O. The van der Waals surface area contributed by atoms with E-state index in [0.29, 0.717) is 6.10 Å². The fraction of sp³-hybridized carbons (Fsp3) is 1.00. The molecule has 1 aliphatic rings. The number of unbranched alkanes of at least 4 members (excludes halogenated alkanes) is 3. The molecule has 1 fully saturated rings. The van der Waals surface area contributed by atoms with E-state index < -0.39 is 0 Å². The predicted molar refractivity (Wildman–Crippen MR) is 47.7 cm³/mol. The standard InChI is InChI=1S/C10H20O/c1-3-4-5-6-7-9(2)10-8-11-10/h9-10H,3-8H2,1-2H3. The molecule has 1 nitrogen and oxygen atoms in total. The van der Waals surface area contributed by atoms with Crippen molar-refractivity contribution in [2.45, 2.75) is 52.1 Å². The highest BCUT2D eigenvalue weighted by Crippen LogP contribution is 2.24. The first-order valence-corrected chi connectivity index (χ1v) is 4.96. The highest BCUT2D eigenvalue weighted by molar-refractivity contribution is 4.75. The normalized spacial score (nSPS) is 25.1. The van der Waals surface area contributed by atoms with E-state index >= 15 is 0 Å². The van der Waals surface area contributed by atoms with Crippen LogP contribution in [0.4, 0.5) is 0 Å². The monoisotopic (exact) mass is 156 g/mol. The summed E-state index contributed by atoms with van der Waals surface area (Å²) in [5.74, 6) is 0.812. The lowest BCUT2D eigenvalue weighted by atomic mass is 10.00. The first-order chi connectivity index (χ1) is 5.34. The Morgan fingerprint density at radius 1 is 1.36 bits per heavy atom. The molecule has 0 radical (unpaired) electrons. The van der Waals surface area contributed by atoms with Crippen molar-refractivity contribution < 1.29 is 4.74 Å². The van der Waals surface area contributed by atoms with Gasteiger partial charge in [-0.15, -0.1) is 0 Å². The highest BCUT2D eigenvalue weighted by atomic mass is 16.6. The number of rotatable bonds is 6. The van der Waals surface area contributed by atoms with Gasteiger partial charge in [0.1, 0.15) is 0 Å². The number of hydrogen-bond donors (Lipinski definition) is 0. The van der Waals surface area contributed by atoms with Gasteiger partial charge in [-0.2, -0.15) is 0 Å². The zero-order valence-electron chi connectivity index (χ0n) is 7.81. The smallest absolute Gasteiger partial charge is 0.0835 e. The zero-order valence-corrected chi connectivity index (χ0v) is 7.81. The highest BCUT2D eigenvalue weighted by Gasteiger charge is 2.28. The van der Waals surface area contributed by atoms with E-state index in [2.05, 4.69) is 13.8 Å². The van der Waals surface area contributed by atoms with E-state index in [9.17, 15) is 0 Å². The second-order valence-corrected chi connectivity index (χ2v) is 3.70. The Morgan fingerprint density at radius 2 is 2.09 bits per heavy atom. The third-order valence-electron chi connectivity index (χ3n) is 2.51. The van der Waals surface area contributed by atoms with Gasteiger partial charge in [-0.3, -0.25) is 0 Å². The Labute approximate surface area is 70.1 Å². The van der Waals surface area contributed by atoms with Crippen LogP contribution in [0.25, 0.3) is 0 Å². The van der Waals surface area contributed by atoms with Crippen molar-refractivity contribution in [3.63, 3.8) is 0 Å². The fourth-order valence-electron chi connectivity index (χ4n) is 1.46. The minimum absolute atomic E-state index is 0.622. The molecule has 1 heterocycles. The number of ether oxygens (including phenoxy) is 1. The maximum atomic E-state index is 5.23. The van der Waals surface area contributed by atoms with Crippen LogP contribution in [0.5, 0.6) is 0 Å². The first-order valence-electron chi connectivity index (χ1n) is 4.96. The number of hydrogen-bond acceptors (Lipinski definition) is 1. The van der Waals surface area contributed by atoms with Crippen LogP contribution in [0.2, 0.25) is 0 Å². The molecule has 0 spiro atoms. The van der Waals surface area contributed by atoms with Crippen LogP contribution < -0.4 is 0 Å². The van der Waals surface area contributed by atoms with E-state index in [1.54, 1.807) is 0 Å². The van der Waals surface area contributed by atoms with Gasteiger partial charge in [0.2, 0.25) is 0 Å². The molecule has 1 saturated heterocycles. The average Bonchev–Trinajstić information content (AvgIpc) is 2.79. The van der Waals surface area contributed by atoms with Crippen LogP contribution in [0.1, 0.15) is 46.0 Å². The molecule has 2 atom stereocenters. The topological polar surface area (TPSA) is 12.5 Å². The molecule has 1 aliphatic heterocycles. The summed E-state index contributed by atoms with van der Waals surface area (Å²) in [7, 11) is 0. The molecule has 0 aromatic carbocycles. The SMILES string of the molecule is CCCCCCC(C)C1CO1. The van der Waals surface area contributed by atoms with Gasteiger partial charge in [-0.05, 0) is 12.3 Å². The van der Waals surface area contributed by atoms with Gasteiger partial charge < -0.3 is 4.74 Å². The molecular weight excluding hydrogens is 136 g/mol. The maximum Gasteiger partial charge on any atom is 0.0835 e. The van der Waals surface area contributed by atoms with Crippen molar-refractivity contribution in [2.24, 2.45) is 5.92 Å². The van der Waals surface area contributed by atoms with Crippen LogP contribution in [-0.4, -0.2) is 12.7 Å². The third-order valence-corrected chi connectivity index (χ3v) is 2.51. The molecule has 0 bridgehead atoms. The van der Waals surface area contributed by atoms with E-state index in [-0.39, 0.29) is 0 Å². The largest absolute Gasteiger partial charge is 0.373 e. The van der Waals surface area contributed by atoms with Crippen molar-refractivity contribution in [3.8, 4) is 0 Å². The van der Waals surface area contributed by atoms with E-state index in [1.807, 2.05) is 0 Å². The molecule has 0 aliphatic carbocycles. The second-order valence-electron chi connectivity index (χ2n) is 3.70. The summed E-state index contributed by atoms with van der Waals surface area (Å²) in [5, 5.41) is 0. The Balaban J connectivity index is 1.85. The van der Waals surface area contributed by atoms with Crippen molar-refractivity contribution in [2.75, 3.05) is 6.61 Å². The summed E-state index contributed by atoms with van der Waals surface area (Å²) < 4.78 is 5.23. The van der Waals surface area contributed by atoms with Gasteiger partial charge in [0.05, 0.1) is 12.7 Å². The lowest BCUT2D eigenvalue weighted by Crippen LogP contribution is -2.02. The Kier molecular flexibility index (Phi) is 3.92. The predicted octanol–water partition coefficient (Wildman–Crippen LogP) is 2.99. The molecule has 2 unspecified atom stereocenters. The summed E-state index contributed by atoms with van der Waals surface area (Å²) >= 11 is 0. The third kappa shape index (κ3) is 3.76. The molecule has 0 saturated carbocycles. The Morgan fingerprint density at radius 3 is 2.64 bits per heavy atom. The van der Waals surface area contributed by atoms with Gasteiger partial charge in [-0.25, -0.2) is 0 Å². The minimum Gasteiger partial charge on any atom is -0.373 e. The van der Waals surface area contributed by atoms with Crippen LogP contribution in [-0.2, 0) is 4.74 Å². The molecule has 0 aromatic heterocycles. The lowest BCUT2D eigenvalue weighted by Gasteiger charge is -2.06. The van der Waals surface area contributed by atoms with E-state index in [1.165, 1.54) is 32.1 Å². The van der Waals surface area contributed by atoms with Gasteiger partial charge in [0, 0.05) is 0 Å². The number of epoxide rings is 1. The molecule has 66 valence electrons. The molecule has 0 aromatic rings. The fourth-order valence-corrected chi connectivity index (χ4v) is 1.46. The van der Waals surface area contributed by atoms with Crippen molar-refractivity contribution >= 4 is 0 Å². The molecule has 0 amide bonds. The summed E-state index contributed by atoms with van der Waals surface area (Å²) in [4.78, 5) is 0. The van der Waals surface area contributed by atoms with Crippen molar-refractivity contribution in [1.29, 1.82) is 0 Å². The van der Waals surface area contributed by atoms with Crippen LogP contribution in [0.15, 0.2) is 0 Å². The minimum atomic E-state index is 0.622. The first kappa shape index (κ1) is 9.05. The Hall–Kier alpha value is -0.0400. The van der Waals surface area contributed by atoms with Gasteiger partial charge in [0.25, 0.3) is 0 Å². The molecule has 11 heavy (non-hydrogen) atoms. The second kappa shape index (κ2) is 4.76. The van der Waals surface area contributed by atoms with Gasteiger partial charge in [-0.1, -0.05) is 39.5 Å². The lowest BCUT2D eigenvalue weighted by molar-refractivity contribution is 0.325. The van der Waals surface area contributed by atoms with Crippen LogP contribution >= 0.6 is 0 Å².